The number of phenolic OH excluding ortho intramolecular Hbond substituents is 1. The van der Waals surface area contributed by atoms with Crippen LogP contribution >= 0.6 is 35.3 Å². The standard InChI is InChI=1S/C94H124N20O28S3/c1-48(95)78(129)109-66-40-144-31-28-70(118)113-44-93-42-112-43-94(93,45-113)47-114(46-93)71(119)29-32-145-41-67(110-80(131)50(3)98-83(134)61(35-54-17-12-16-53-15-10-11-18-56(53)54)105-81(132)57(23-25-72(120)121)100-86(137)62(36-68(96)116)102-79(130)49(2)99-89(66)140)90(141)101-58(24-26-73(122)123)82(133)106-63(37-74(124)125)87(138)104-59(33-51-13-8-7-9-14-51)84(135)103-60(34-52-19-21-55(115)22-20-52)85(136)107-64(38-75(126)127)88(139)111-76(92(4,5)6)91(142)108-65(77(97)128)39-143-30-27-69(112)117/h7-22,48-50,57-67,76,115H,23-47,95H2,1-6H3,(H2,96,116)(H2,97,128)(H,98,134)(H,99,140)(H,100,137)(H,101,141)(H,102,130)(H,103,135)(H,104,138)(H,105,132)(H,106,133)(H,107,136)(H,108,142)(H,109,129)(H,110,131)(H,111,139)(H,120,121)(H,122,123)(H,124,125)(H,126,127)/t48-,49+,50+,57-,58-,59-,60-,61-,62-,63-,64-,65-,66-,67+,76+,93?,94?/m0/s1. The van der Waals surface area contributed by atoms with Gasteiger partial charge < -0.3 is 132 Å². The minimum atomic E-state index is -2.27. The number of carbonyl (C=O) groups is 23. The third-order valence-corrected chi connectivity index (χ3v) is 28.3. The highest BCUT2D eigenvalue weighted by Gasteiger charge is 2.69. The molecule has 2 spiro atoms. The van der Waals surface area contributed by atoms with Crippen molar-refractivity contribution in [1.82, 2.24) is 89.1 Å². The zero-order valence-electron chi connectivity index (χ0n) is 80.5. The molecule has 17 atom stereocenters. The smallest absolute Gasteiger partial charge is 0.305 e. The highest BCUT2D eigenvalue weighted by atomic mass is 32.2. The van der Waals surface area contributed by atoms with Gasteiger partial charge in [0.15, 0.2) is 0 Å². The average molecular weight is 2080 g/mol. The molecule has 48 nitrogen and oxygen atoms in total. The Morgan fingerprint density at radius 2 is 0.800 bits per heavy atom. The number of fused-ring (bicyclic) bond motifs is 48. The van der Waals surface area contributed by atoms with Gasteiger partial charge in [0, 0.05) is 136 Å². The number of primary amides is 2. The molecule has 0 aliphatic carbocycles. The summed E-state index contributed by atoms with van der Waals surface area (Å²) < 4.78 is 0. The van der Waals surface area contributed by atoms with Gasteiger partial charge in [-0.3, -0.25) is 110 Å². The van der Waals surface area contributed by atoms with E-state index in [0.717, 1.165) is 42.2 Å². The molecule has 0 saturated carbocycles. The first-order chi connectivity index (χ1) is 68.4. The van der Waals surface area contributed by atoms with E-state index in [-0.39, 0.29) is 98.6 Å². The Hall–Kier alpha value is -14.2. The van der Waals surface area contributed by atoms with Gasteiger partial charge in [0.05, 0.1) is 25.3 Å². The maximum atomic E-state index is 15.3. The maximum absolute atomic E-state index is 15.3. The van der Waals surface area contributed by atoms with Crippen molar-refractivity contribution in [2.75, 3.05) is 73.8 Å². The molecule has 2 unspecified atom stereocenters. The summed E-state index contributed by atoms with van der Waals surface area (Å²) in [6.45, 7) is 7.94. The Balaban J connectivity index is 1.12. The Morgan fingerprint density at radius 3 is 1.27 bits per heavy atom. The number of carboxylic acids is 4. The molecule has 7 aliphatic heterocycles. The Bertz CT molecular complexity index is 5520. The summed E-state index contributed by atoms with van der Waals surface area (Å²) >= 11 is 2.93. The monoisotopic (exact) mass is 2080 g/mol. The first-order valence-electron chi connectivity index (χ1n) is 46.7. The molecule has 6 bridgehead atoms. The largest absolute Gasteiger partial charge is 0.508 e. The van der Waals surface area contributed by atoms with Crippen molar-refractivity contribution in [2.24, 2.45) is 33.4 Å². The van der Waals surface area contributed by atoms with Crippen LogP contribution in [0.4, 0.5) is 0 Å². The number of nitrogens with zero attached hydrogens (tertiary/aromatic N) is 3. The average Bonchev–Trinajstić information content (AvgIpc) is 1.52. The second-order valence-corrected chi connectivity index (χ2v) is 41.0. The second kappa shape index (κ2) is 52.3. The summed E-state index contributed by atoms with van der Waals surface area (Å²) in [5.74, 6) is -28.4. The number of amides is 19. The SMILES string of the molecule is C[C@H](N)C(=O)N[C@H]1CSCCC(=O)N2CC34CN5CC3(C2)CN(C4)C(=O)CCSC[C@@H](NC(=O)[C@@H](C)NC(=O)[C@H](Cc2cccc3ccccc23)NC(=O)[C@H](CCC(=O)O)NC(=O)[C@H](CC(N)=O)NC(=O)[C@@H](C)NC1=O)C(=O)N[C@@H](CCC(=O)O)C(=O)N[C@@H](CC(=O)O)C(=O)N[C@@H](Cc1ccccc1)C(=O)N[C@@H](Cc1ccc(O)cc1)C(=O)N[C@@H](CC(=O)O)C(=O)N[C@@H](C(C)(C)C)C(=O)N[C@H](C(N)=O)CSCCC5=O. The van der Waals surface area contributed by atoms with E-state index in [9.17, 15) is 112 Å². The molecule has 4 aromatic carbocycles. The van der Waals surface area contributed by atoms with Crippen molar-refractivity contribution >= 4 is 182 Å². The van der Waals surface area contributed by atoms with Crippen LogP contribution in [-0.2, 0) is 130 Å². The number of phenols is 1. The molecule has 786 valence electrons. The molecule has 19 amide bonds. The number of aliphatic carboxylic acids is 4. The topological polar surface area (TPSA) is 750 Å². The molecule has 7 aliphatic rings. The van der Waals surface area contributed by atoms with E-state index < -0.39 is 313 Å². The summed E-state index contributed by atoms with van der Waals surface area (Å²) in [5.41, 5.74) is 14.9. The summed E-state index contributed by atoms with van der Waals surface area (Å²) in [6.07, 6.45) is -9.01. The fraction of sp³-hybridized carbons (Fsp3) is 0.521. The third-order valence-electron chi connectivity index (χ3n) is 25.1. The van der Waals surface area contributed by atoms with Crippen molar-refractivity contribution in [3.63, 3.8) is 0 Å². The molecule has 51 heteroatoms. The van der Waals surface area contributed by atoms with Crippen molar-refractivity contribution in [3.05, 3.63) is 114 Å². The van der Waals surface area contributed by atoms with E-state index in [1.165, 1.54) is 83.1 Å². The van der Waals surface area contributed by atoms with Gasteiger partial charge in [0.1, 0.15) is 90.3 Å². The van der Waals surface area contributed by atoms with Crippen LogP contribution in [0.3, 0.4) is 0 Å². The molecule has 0 radical (unpaired) electrons. The zero-order chi connectivity index (χ0) is 107. The Labute approximate surface area is 845 Å². The highest BCUT2D eigenvalue weighted by Crippen LogP contribution is 2.57. The minimum absolute atomic E-state index is 0.00116. The van der Waals surface area contributed by atoms with Gasteiger partial charge in [-0.25, -0.2) is 0 Å². The molecule has 0 aromatic heterocycles. The fourth-order valence-corrected chi connectivity index (χ4v) is 20.2. The molecule has 11 rings (SSSR count). The molecule has 7 saturated heterocycles. The first-order valence-corrected chi connectivity index (χ1v) is 50.2. The normalized spacial score (nSPS) is 26.8. The van der Waals surface area contributed by atoms with Gasteiger partial charge >= 0.3 is 23.9 Å². The highest BCUT2D eigenvalue weighted by molar-refractivity contribution is 7.99. The van der Waals surface area contributed by atoms with E-state index in [0.29, 0.717) is 21.9 Å². The molecular formula is C94H124N20O28S3. The fourth-order valence-electron chi connectivity index (χ4n) is 17.3. The lowest BCUT2D eigenvalue weighted by Gasteiger charge is -2.33. The van der Waals surface area contributed by atoms with E-state index in [1.54, 1.807) is 63.2 Å². The molecule has 7 heterocycles. The van der Waals surface area contributed by atoms with Crippen molar-refractivity contribution in [2.45, 2.75) is 216 Å². The van der Waals surface area contributed by atoms with E-state index in [2.05, 4.69) is 74.4 Å². The quantitative estimate of drug-likeness (QED) is 0.0347. The number of carbonyl (C=O) groups excluding carboxylic acids is 19. The van der Waals surface area contributed by atoms with Gasteiger partial charge in [-0.1, -0.05) is 106 Å². The lowest BCUT2D eigenvalue weighted by atomic mass is 9.71. The van der Waals surface area contributed by atoms with Crippen molar-refractivity contribution < 1.29 is 136 Å². The number of rotatable bonds is 21. The first kappa shape index (κ1) is 114. The lowest BCUT2D eigenvalue weighted by molar-refractivity contribution is -0.142. The second-order valence-electron chi connectivity index (χ2n) is 37.6. The van der Waals surface area contributed by atoms with Gasteiger partial charge in [0.2, 0.25) is 112 Å². The van der Waals surface area contributed by atoms with Crippen LogP contribution in [-0.4, -0.2) is 341 Å². The molecule has 7 fully saturated rings. The number of aromatic hydroxyl groups is 1. The van der Waals surface area contributed by atoms with E-state index in [1.807, 2.05) is 0 Å². The van der Waals surface area contributed by atoms with Crippen LogP contribution in [0.1, 0.15) is 122 Å². The van der Waals surface area contributed by atoms with Crippen LogP contribution in [0.5, 0.6) is 5.75 Å². The number of nitrogens with one attached hydrogen (secondary N) is 14. The predicted molar refractivity (Wildman–Crippen MR) is 523 cm³/mol. The van der Waals surface area contributed by atoms with Gasteiger partial charge in [-0.2, -0.15) is 35.3 Å². The minimum Gasteiger partial charge on any atom is -0.508 e. The van der Waals surface area contributed by atoms with Crippen LogP contribution in [0.25, 0.3) is 10.8 Å². The van der Waals surface area contributed by atoms with Crippen molar-refractivity contribution in [1.29, 1.82) is 0 Å². The molecular weight excluding hydrogens is 1950 g/mol. The Morgan fingerprint density at radius 1 is 0.414 bits per heavy atom. The van der Waals surface area contributed by atoms with Crippen LogP contribution < -0.4 is 91.6 Å². The van der Waals surface area contributed by atoms with Crippen LogP contribution in [0.15, 0.2) is 97.1 Å². The Kier molecular flexibility index (Phi) is 41.3. The van der Waals surface area contributed by atoms with Gasteiger partial charge in [-0.05, 0) is 78.6 Å². The summed E-state index contributed by atoms with van der Waals surface area (Å²) in [6, 6.07) is -2.56. The lowest BCUT2D eigenvalue weighted by Crippen LogP contribution is -2.62. The summed E-state index contributed by atoms with van der Waals surface area (Å²) in [5, 5.41) is 86.2. The van der Waals surface area contributed by atoms with Crippen LogP contribution in [0.2, 0.25) is 0 Å². The summed E-state index contributed by atoms with van der Waals surface area (Å²) in [4.78, 5) is 331. The zero-order valence-corrected chi connectivity index (χ0v) is 82.9. The van der Waals surface area contributed by atoms with Gasteiger partial charge in [0.25, 0.3) is 0 Å². The van der Waals surface area contributed by atoms with E-state index >= 15 is 24.0 Å². The number of thioether (sulfide) groups is 3. The number of hydrogen-bond acceptors (Lipinski definition) is 28. The number of hydrogen-bond donors (Lipinski definition) is 22. The molecule has 145 heavy (non-hydrogen) atoms. The van der Waals surface area contributed by atoms with Crippen molar-refractivity contribution in [3.8, 4) is 5.75 Å². The summed E-state index contributed by atoms with van der Waals surface area (Å²) in [7, 11) is 0. The predicted octanol–water partition coefficient (Wildman–Crippen LogP) is -5.27. The molecule has 25 N–H and O–H groups in total. The molecule has 4 aromatic rings. The number of nitrogens with two attached hydrogens (primary N) is 3. The number of benzene rings is 4. The van der Waals surface area contributed by atoms with Gasteiger partial charge in [-0.15, -0.1) is 0 Å². The maximum Gasteiger partial charge on any atom is 0.305 e. The van der Waals surface area contributed by atoms with E-state index in [4.69, 9.17) is 17.2 Å². The third kappa shape index (κ3) is 33.2. The number of carboxylic acid groups (broad SMARTS) is 4. The van der Waals surface area contributed by atoms with Crippen LogP contribution in [0, 0.1) is 16.2 Å².